The number of halogens is 1. The molecule has 202 valence electrons. The minimum absolute atomic E-state index is 0.0940. The van der Waals surface area contributed by atoms with Crippen molar-refractivity contribution in [1.29, 1.82) is 0 Å². The van der Waals surface area contributed by atoms with Crippen molar-refractivity contribution in [2.24, 2.45) is 0 Å². The van der Waals surface area contributed by atoms with Crippen molar-refractivity contribution in [3.63, 3.8) is 0 Å². The quantitative estimate of drug-likeness (QED) is 0.327. The number of aryl methyl sites for hydroxylation is 1. The van der Waals surface area contributed by atoms with Crippen LogP contribution in [-0.4, -0.2) is 51.0 Å². The summed E-state index contributed by atoms with van der Waals surface area (Å²) in [6.07, 6.45) is 1.93. The average molecular weight is 601 g/mol. The van der Waals surface area contributed by atoms with E-state index in [9.17, 15) is 18.0 Å². The monoisotopic (exact) mass is 599 g/mol. The minimum atomic E-state index is -3.55. The number of amides is 2. The number of anilines is 1. The van der Waals surface area contributed by atoms with E-state index in [1.807, 2.05) is 73.7 Å². The molecule has 0 saturated heterocycles. The van der Waals surface area contributed by atoms with Gasteiger partial charge in [-0.3, -0.25) is 13.9 Å². The van der Waals surface area contributed by atoms with Crippen LogP contribution in [0.4, 0.5) is 5.69 Å². The lowest BCUT2D eigenvalue weighted by atomic mass is 10.0. The van der Waals surface area contributed by atoms with Crippen molar-refractivity contribution < 1.29 is 18.0 Å². The molecule has 0 unspecified atom stereocenters. The van der Waals surface area contributed by atoms with E-state index in [2.05, 4.69) is 21.2 Å². The molecule has 3 aromatic rings. The van der Waals surface area contributed by atoms with Gasteiger partial charge in [-0.1, -0.05) is 76.6 Å². The number of likely N-dealkylation sites (N-methyl/N-ethyl adjacent to an activating group) is 1. The zero-order valence-electron chi connectivity index (χ0n) is 21.9. The second-order valence-electron chi connectivity index (χ2n) is 9.19. The molecule has 0 heterocycles. The number of hydrogen-bond donors (Lipinski definition) is 1. The summed E-state index contributed by atoms with van der Waals surface area (Å²) >= 11 is 3.44. The van der Waals surface area contributed by atoms with Crippen molar-refractivity contribution >= 4 is 43.5 Å². The number of benzene rings is 3. The third-order valence-electron chi connectivity index (χ3n) is 6.32. The Morgan fingerprint density at radius 1 is 0.921 bits per heavy atom. The van der Waals surface area contributed by atoms with Gasteiger partial charge in [0, 0.05) is 37.5 Å². The Bertz CT molecular complexity index is 1330. The third-order valence-corrected chi connectivity index (χ3v) is 8.03. The predicted octanol–water partition coefficient (Wildman–Crippen LogP) is 4.69. The first-order chi connectivity index (χ1) is 18.1. The summed E-state index contributed by atoms with van der Waals surface area (Å²) in [7, 11) is -1.98. The maximum atomic E-state index is 13.7. The largest absolute Gasteiger partial charge is 0.357 e. The van der Waals surface area contributed by atoms with Gasteiger partial charge in [-0.25, -0.2) is 8.42 Å². The first kappa shape index (κ1) is 29.4. The summed E-state index contributed by atoms with van der Waals surface area (Å²) in [6, 6.07) is 23.8. The van der Waals surface area contributed by atoms with Crippen molar-refractivity contribution in [3.8, 4) is 0 Å². The van der Waals surface area contributed by atoms with Gasteiger partial charge in [0.15, 0.2) is 0 Å². The number of sulfonamides is 1. The standard InChI is InChI=1S/C29H34BrN3O4S/c1-22-10-7-8-13-26(22)33(38(3,36)37)19-9-14-28(34)32(21-24-15-17-25(30)18-16-24)27(29(35)31-2)20-23-11-5-4-6-12-23/h4-8,10-13,15-18,27H,9,14,19-21H2,1-3H3,(H,31,35)/t27-/m0/s1. The predicted molar refractivity (Wildman–Crippen MR) is 155 cm³/mol. The van der Waals surface area contributed by atoms with Crippen LogP contribution in [0.3, 0.4) is 0 Å². The van der Waals surface area contributed by atoms with E-state index in [1.54, 1.807) is 24.1 Å². The molecule has 2 amide bonds. The van der Waals surface area contributed by atoms with Gasteiger partial charge in [-0.2, -0.15) is 0 Å². The molecule has 3 rings (SSSR count). The molecular formula is C29H34BrN3O4S. The van der Waals surface area contributed by atoms with Gasteiger partial charge in [-0.05, 0) is 48.2 Å². The van der Waals surface area contributed by atoms with E-state index in [1.165, 1.54) is 10.6 Å². The van der Waals surface area contributed by atoms with Crippen molar-refractivity contribution in [1.82, 2.24) is 10.2 Å². The maximum Gasteiger partial charge on any atom is 0.242 e. The molecule has 0 aliphatic carbocycles. The van der Waals surface area contributed by atoms with Crippen LogP contribution in [0.25, 0.3) is 0 Å². The second-order valence-corrected chi connectivity index (χ2v) is 12.0. The molecule has 1 N–H and O–H groups in total. The van der Waals surface area contributed by atoms with Crippen LogP contribution in [0.2, 0.25) is 0 Å². The van der Waals surface area contributed by atoms with Gasteiger partial charge in [0.1, 0.15) is 6.04 Å². The first-order valence-electron chi connectivity index (χ1n) is 12.4. The molecule has 3 aromatic carbocycles. The summed E-state index contributed by atoms with van der Waals surface area (Å²) in [5.74, 6) is -0.465. The highest BCUT2D eigenvalue weighted by Gasteiger charge is 2.30. The SMILES string of the molecule is CNC(=O)[C@H](Cc1ccccc1)N(Cc1ccc(Br)cc1)C(=O)CCCN(c1ccccc1C)S(C)(=O)=O. The molecule has 7 nitrogen and oxygen atoms in total. The van der Waals surface area contributed by atoms with E-state index >= 15 is 0 Å². The van der Waals surface area contributed by atoms with Crippen molar-refractivity contribution in [2.75, 3.05) is 24.2 Å². The summed E-state index contributed by atoms with van der Waals surface area (Å²) in [5, 5.41) is 2.71. The molecular weight excluding hydrogens is 566 g/mol. The molecule has 0 saturated carbocycles. The number of hydrogen-bond acceptors (Lipinski definition) is 4. The highest BCUT2D eigenvalue weighted by atomic mass is 79.9. The molecule has 0 spiro atoms. The molecule has 0 aromatic heterocycles. The first-order valence-corrected chi connectivity index (χ1v) is 15.1. The lowest BCUT2D eigenvalue weighted by Gasteiger charge is -2.31. The highest BCUT2D eigenvalue weighted by Crippen LogP contribution is 2.23. The number of nitrogens with zero attached hydrogens (tertiary/aromatic N) is 2. The van der Waals surface area contributed by atoms with Crippen LogP contribution in [0.1, 0.15) is 29.5 Å². The van der Waals surface area contributed by atoms with Crippen molar-refractivity contribution in [2.45, 2.75) is 38.8 Å². The zero-order chi connectivity index (χ0) is 27.7. The maximum absolute atomic E-state index is 13.7. The minimum Gasteiger partial charge on any atom is -0.357 e. The van der Waals surface area contributed by atoms with Crippen LogP contribution in [0.5, 0.6) is 0 Å². The molecule has 0 aliphatic rings. The zero-order valence-corrected chi connectivity index (χ0v) is 24.3. The van der Waals surface area contributed by atoms with E-state index in [-0.39, 0.29) is 31.3 Å². The smallest absolute Gasteiger partial charge is 0.242 e. The van der Waals surface area contributed by atoms with Crippen LogP contribution in [0.15, 0.2) is 83.3 Å². The van der Waals surface area contributed by atoms with Crippen LogP contribution < -0.4 is 9.62 Å². The fourth-order valence-electron chi connectivity index (χ4n) is 4.33. The number of carbonyl (C=O) groups excluding carboxylic acids is 2. The van der Waals surface area contributed by atoms with Crippen molar-refractivity contribution in [3.05, 3.63) is 100 Å². The molecule has 1 atom stereocenters. The highest BCUT2D eigenvalue weighted by molar-refractivity contribution is 9.10. The summed E-state index contributed by atoms with van der Waals surface area (Å²) in [5.41, 5.74) is 3.27. The van der Waals surface area contributed by atoms with Crippen LogP contribution >= 0.6 is 15.9 Å². The van der Waals surface area contributed by atoms with Gasteiger partial charge in [-0.15, -0.1) is 0 Å². The Hall–Kier alpha value is -3.17. The van der Waals surface area contributed by atoms with E-state index in [0.717, 1.165) is 21.2 Å². The summed E-state index contributed by atoms with van der Waals surface area (Å²) < 4.78 is 27.4. The number of para-hydroxylation sites is 1. The van der Waals surface area contributed by atoms with Gasteiger partial charge < -0.3 is 10.2 Å². The number of rotatable bonds is 12. The number of carbonyl (C=O) groups is 2. The molecule has 38 heavy (non-hydrogen) atoms. The Kier molecular flexibility index (Phi) is 10.5. The molecule has 0 fully saturated rings. The van der Waals surface area contributed by atoms with Gasteiger partial charge >= 0.3 is 0 Å². The van der Waals surface area contributed by atoms with E-state index in [0.29, 0.717) is 18.5 Å². The molecule has 0 bridgehead atoms. The topological polar surface area (TPSA) is 86.8 Å². The lowest BCUT2D eigenvalue weighted by molar-refractivity contribution is -0.141. The Labute approximate surface area is 234 Å². The summed E-state index contributed by atoms with van der Waals surface area (Å²) in [4.78, 5) is 28.3. The third kappa shape index (κ3) is 8.16. The fraction of sp³-hybridized carbons (Fsp3) is 0.310. The Morgan fingerprint density at radius 2 is 1.55 bits per heavy atom. The van der Waals surface area contributed by atoms with Crippen LogP contribution in [0, 0.1) is 6.92 Å². The average Bonchev–Trinajstić information content (AvgIpc) is 2.89. The lowest BCUT2D eigenvalue weighted by Crippen LogP contribution is -2.49. The normalized spacial score (nSPS) is 12.0. The fourth-order valence-corrected chi connectivity index (χ4v) is 5.62. The molecule has 9 heteroatoms. The molecule has 0 aliphatic heterocycles. The van der Waals surface area contributed by atoms with E-state index < -0.39 is 16.1 Å². The molecule has 0 radical (unpaired) electrons. The summed E-state index contributed by atoms with van der Waals surface area (Å²) in [6.45, 7) is 2.27. The van der Waals surface area contributed by atoms with Gasteiger partial charge in [0.05, 0.1) is 11.9 Å². The van der Waals surface area contributed by atoms with E-state index in [4.69, 9.17) is 0 Å². The van der Waals surface area contributed by atoms with Crippen LogP contribution in [-0.2, 0) is 32.6 Å². The second kappa shape index (κ2) is 13.6. The van der Waals surface area contributed by atoms with Gasteiger partial charge in [0.2, 0.25) is 21.8 Å². The Balaban J connectivity index is 1.84. The van der Waals surface area contributed by atoms with Gasteiger partial charge in [0.25, 0.3) is 0 Å². The Morgan fingerprint density at radius 3 is 2.16 bits per heavy atom. The number of nitrogens with one attached hydrogen (secondary N) is 1.